The van der Waals surface area contributed by atoms with Crippen molar-refractivity contribution in [2.45, 2.75) is 58.4 Å². The monoisotopic (exact) mass is 226 g/mol. The quantitative estimate of drug-likeness (QED) is 0.681. The Hall–Kier alpha value is -0.570. The van der Waals surface area contributed by atoms with E-state index in [2.05, 4.69) is 24.5 Å². The molecule has 0 saturated carbocycles. The molecule has 0 spiro atoms. The van der Waals surface area contributed by atoms with E-state index in [1.165, 1.54) is 32.1 Å². The molecule has 1 aliphatic rings. The minimum Gasteiger partial charge on any atom is -0.355 e. The van der Waals surface area contributed by atoms with E-state index in [0.717, 1.165) is 19.5 Å². The molecule has 0 aliphatic carbocycles. The fourth-order valence-corrected chi connectivity index (χ4v) is 2.27. The van der Waals surface area contributed by atoms with E-state index in [9.17, 15) is 4.79 Å². The maximum Gasteiger partial charge on any atom is 0.237 e. The third-order valence-corrected chi connectivity index (χ3v) is 3.38. The number of unbranched alkanes of at least 4 members (excludes halogenated alkanes) is 3. The number of amides is 1. The Morgan fingerprint density at radius 1 is 1.38 bits per heavy atom. The number of piperidine rings is 1. The topological polar surface area (TPSA) is 41.1 Å². The molecule has 94 valence electrons. The van der Waals surface area contributed by atoms with Crippen LogP contribution in [0.25, 0.3) is 0 Å². The van der Waals surface area contributed by atoms with Crippen molar-refractivity contribution in [1.82, 2.24) is 10.6 Å². The van der Waals surface area contributed by atoms with E-state index in [1.54, 1.807) is 0 Å². The second kappa shape index (κ2) is 7.66. The lowest BCUT2D eigenvalue weighted by molar-refractivity contribution is -0.124. The smallest absolute Gasteiger partial charge is 0.237 e. The highest BCUT2D eigenvalue weighted by atomic mass is 16.2. The van der Waals surface area contributed by atoms with E-state index >= 15 is 0 Å². The lowest BCUT2D eigenvalue weighted by atomic mass is 9.92. The summed E-state index contributed by atoms with van der Waals surface area (Å²) in [5.41, 5.74) is 0. The Labute approximate surface area is 99.4 Å². The molecule has 0 aromatic rings. The van der Waals surface area contributed by atoms with Gasteiger partial charge in [0.1, 0.15) is 0 Å². The lowest BCUT2D eigenvalue weighted by Crippen LogP contribution is -2.51. The molecule has 1 rings (SSSR count). The summed E-state index contributed by atoms with van der Waals surface area (Å²) in [6, 6.07) is 0.0416. The number of carbonyl (C=O) groups excluding carboxylic acids is 1. The predicted molar refractivity (Wildman–Crippen MR) is 67.3 cm³/mol. The van der Waals surface area contributed by atoms with Crippen molar-refractivity contribution in [2.75, 3.05) is 13.1 Å². The summed E-state index contributed by atoms with van der Waals surface area (Å²) in [6.45, 7) is 6.18. The predicted octanol–water partition coefficient (Wildman–Crippen LogP) is 2.07. The van der Waals surface area contributed by atoms with Crippen LogP contribution in [-0.4, -0.2) is 25.0 Å². The van der Waals surface area contributed by atoms with E-state index in [0.29, 0.717) is 5.92 Å². The number of carbonyl (C=O) groups is 1. The van der Waals surface area contributed by atoms with Crippen LogP contribution in [0.4, 0.5) is 0 Å². The van der Waals surface area contributed by atoms with Crippen LogP contribution < -0.4 is 10.6 Å². The molecule has 1 amide bonds. The van der Waals surface area contributed by atoms with Crippen LogP contribution in [0, 0.1) is 5.92 Å². The van der Waals surface area contributed by atoms with Crippen LogP contribution in [0.2, 0.25) is 0 Å². The van der Waals surface area contributed by atoms with Gasteiger partial charge in [-0.3, -0.25) is 4.79 Å². The van der Waals surface area contributed by atoms with Gasteiger partial charge in [0.05, 0.1) is 6.04 Å². The van der Waals surface area contributed by atoms with Crippen molar-refractivity contribution >= 4 is 5.91 Å². The Balaban J connectivity index is 2.13. The first-order chi connectivity index (χ1) is 7.75. The van der Waals surface area contributed by atoms with Gasteiger partial charge < -0.3 is 10.6 Å². The summed E-state index contributed by atoms with van der Waals surface area (Å²) in [7, 11) is 0. The standard InChI is InChI=1S/C13H26N2O/c1-3-4-5-6-9-15-13(16)12-11(2)8-7-10-14-12/h11-12,14H,3-10H2,1-2H3,(H,15,16). The summed E-state index contributed by atoms with van der Waals surface area (Å²) in [5.74, 6) is 0.674. The Morgan fingerprint density at radius 3 is 2.88 bits per heavy atom. The molecule has 16 heavy (non-hydrogen) atoms. The van der Waals surface area contributed by atoms with Crippen molar-refractivity contribution in [3.05, 3.63) is 0 Å². The van der Waals surface area contributed by atoms with Gasteiger partial charge >= 0.3 is 0 Å². The van der Waals surface area contributed by atoms with Crippen molar-refractivity contribution in [3.63, 3.8) is 0 Å². The molecule has 1 saturated heterocycles. The highest BCUT2D eigenvalue weighted by Crippen LogP contribution is 2.15. The zero-order valence-electron chi connectivity index (χ0n) is 10.7. The van der Waals surface area contributed by atoms with Crippen LogP contribution in [0.1, 0.15) is 52.4 Å². The molecule has 1 heterocycles. The van der Waals surface area contributed by atoms with Gasteiger partial charge in [0.15, 0.2) is 0 Å². The molecule has 1 fully saturated rings. The summed E-state index contributed by atoms with van der Waals surface area (Å²) in [6.07, 6.45) is 7.22. The van der Waals surface area contributed by atoms with Crippen LogP contribution in [0.15, 0.2) is 0 Å². The van der Waals surface area contributed by atoms with Gasteiger partial charge in [0.25, 0.3) is 0 Å². The van der Waals surface area contributed by atoms with Gasteiger partial charge in [-0.05, 0) is 31.7 Å². The number of rotatable bonds is 6. The van der Waals surface area contributed by atoms with Gasteiger partial charge in [0, 0.05) is 6.54 Å². The van der Waals surface area contributed by atoms with Gasteiger partial charge in [-0.2, -0.15) is 0 Å². The average molecular weight is 226 g/mol. The molecule has 0 bridgehead atoms. The first-order valence-corrected chi connectivity index (χ1v) is 6.76. The van der Waals surface area contributed by atoms with Crippen molar-refractivity contribution in [1.29, 1.82) is 0 Å². The maximum atomic E-state index is 11.9. The molecule has 0 radical (unpaired) electrons. The van der Waals surface area contributed by atoms with E-state index in [4.69, 9.17) is 0 Å². The first-order valence-electron chi connectivity index (χ1n) is 6.76. The molecule has 2 atom stereocenters. The summed E-state index contributed by atoms with van der Waals surface area (Å²) in [5, 5.41) is 6.35. The van der Waals surface area contributed by atoms with Gasteiger partial charge in [0.2, 0.25) is 5.91 Å². The third kappa shape index (κ3) is 4.52. The highest BCUT2D eigenvalue weighted by Gasteiger charge is 2.26. The minimum atomic E-state index is 0.0416. The zero-order valence-corrected chi connectivity index (χ0v) is 10.7. The molecular formula is C13H26N2O. The van der Waals surface area contributed by atoms with Crippen LogP contribution in [0.5, 0.6) is 0 Å². The minimum absolute atomic E-state index is 0.0416. The first kappa shape index (κ1) is 13.5. The van der Waals surface area contributed by atoms with Gasteiger partial charge in [-0.1, -0.05) is 33.1 Å². The largest absolute Gasteiger partial charge is 0.355 e. The van der Waals surface area contributed by atoms with Gasteiger partial charge in [-0.25, -0.2) is 0 Å². The maximum absolute atomic E-state index is 11.9. The summed E-state index contributed by atoms with van der Waals surface area (Å²) < 4.78 is 0. The molecule has 2 unspecified atom stereocenters. The van der Waals surface area contributed by atoms with Crippen LogP contribution >= 0.6 is 0 Å². The third-order valence-electron chi connectivity index (χ3n) is 3.38. The highest BCUT2D eigenvalue weighted by molar-refractivity contribution is 5.82. The van der Waals surface area contributed by atoms with E-state index in [1.807, 2.05) is 0 Å². The summed E-state index contributed by atoms with van der Waals surface area (Å²) in [4.78, 5) is 11.9. The van der Waals surface area contributed by atoms with Crippen molar-refractivity contribution in [3.8, 4) is 0 Å². The Morgan fingerprint density at radius 2 is 2.19 bits per heavy atom. The SMILES string of the molecule is CCCCCCNC(=O)C1NCCCC1C. The molecular weight excluding hydrogens is 200 g/mol. The van der Waals surface area contributed by atoms with Crippen LogP contribution in [0.3, 0.4) is 0 Å². The molecule has 0 aromatic heterocycles. The fourth-order valence-electron chi connectivity index (χ4n) is 2.27. The second-order valence-electron chi connectivity index (χ2n) is 4.90. The average Bonchev–Trinajstić information content (AvgIpc) is 2.29. The normalized spacial score (nSPS) is 25.4. The molecule has 3 nitrogen and oxygen atoms in total. The van der Waals surface area contributed by atoms with E-state index < -0.39 is 0 Å². The number of nitrogens with one attached hydrogen (secondary N) is 2. The van der Waals surface area contributed by atoms with Crippen molar-refractivity contribution < 1.29 is 4.79 Å². The second-order valence-corrected chi connectivity index (χ2v) is 4.90. The van der Waals surface area contributed by atoms with Gasteiger partial charge in [-0.15, -0.1) is 0 Å². The Bertz CT molecular complexity index is 206. The molecule has 2 N–H and O–H groups in total. The van der Waals surface area contributed by atoms with Crippen molar-refractivity contribution in [2.24, 2.45) is 5.92 Å². The zero-order chi connectivity index (χ0) is 11.8. The molecule has 1 aliphatic heterocycles. The lowest BCUT2D eigenvalue weighted by Gasteiger charge is -2.28. The van der Waals surface area contributed by atoms with E-state index in [-0.39, 0.29) is 11.9 Å². The fraction of sp³-hybridized carbons (Fsp3) is 0.923. The number of hydrogen-bond acceptors (Lipinski definition) is 2. The molecule has 0 aromatic carbocycles. The summed E-state index contributed by atoms with van der Waals surface area (Å²) >= 11 is 0. The van der Waals surface area contributed by atoms with Crippen LogP contribution in [-0.2, 0) is 4.79 Å². The Kier molecular flexibility index (Phi) is 6.46. The number of hydrogen-bond donors (Lipinski definition) is 2. The molecule has 3 heteroatoms.